The quantitative estimate of drug-likeness (QED) is 0.345. The van der Waals surface area contributed by atoms with E-state index in [4.69, 9.17) is 9.97 Å². The molecule has 6 rings (SSSR count). The van der Waals surface area contributed by atoms with Crippen LogP contribution in [0, 0.1) is 5.92 Å². The third-order valence-corrected chi connectivity index (χ3v) is 10.7. The number of nitrogens with zero attached hydrogens (tertiary/aromatic N) is 4. The van der Waals surface area contributed by atoms with Crippen LogP contribution in [-0.2, 0) is 15.4 Å². The van der Waals surface area contributed by atoms with Gasteiger partial charge in [0.2, 0.25) is 0 Å². The van der Waals surface area contributed by atoms with Crippen molar-refractivity contribution >= 4 is 27.6 Å². The first-order valence-corrected chi connectivity index (χ1v) is 17.5. The predicted octanol–water partition coefficient (Wildman–Crippen LogP) is 5.31. The van der Waals surface area contributed by atoms with Gasteiger partial charge in [0.05, 0.1) is 17.3 Å². The molecule has 2 saturated heterocycles. The molecule has 1 amide bonds. The second-order valence-corrected chi connectivity index (χ2v) is 16.1. The van der Waals surface area contributed by atoms with E-state index < -0.39 is 15.9 Å². The lowest BCUT2D eigenvalue weighted by molar-refractivity contribution is 0.0981. The minimum Gasteiger partial charge on any atom is -0.362 e. The average Bonchev–Trinajstić information content (AvgIpc) is 3.32. The zero-order valence-corrected chi connectivity index (χ0v) is 27.7. The Bertz CT molecular complexity index is 1660. The number of piperidine rings is 1. The number of rotatable bonds is 2. The highest BCUT2D eigenvalue weighted by atomic mass is 32.2. The molecular weight excluding hydrogens is 586 g/mol. The fraction of sp³-hybridized carbons (Fsp3) is 0.529. The van der Waals surface area contributed by atoms with E-state index in [0.29, 0.717) is 30.0 Å². The summed E-state index contributed by atoms with van der Waals surface area (Å²) in [5.41, 5.74) is 2.69. The van der Waals surface area contributed by atoms with Gasteiger partial charge in [0.1, 0.15) is 11.6 Å². The molecule has 240 valence electrons. The van der Waals surface area contributed by atoms with E-state index in [9.17, 15) is 13.2 Å². The lowest BCUT2D eigenvalue weighted by atomic mass is 9.90. The summed E-state index contributed by atoms with van der Waals surface area (Å²) < 4.78 is 29.3. The van der Waals surface area contributed by atoms with Crippen LogP contribution in [0.25, 0.3) is 0 Å². The highest BCUT2D eigenvalue weighted by molar-refractivity contribution is 7.90. The maximum absolute atomic E-state index is 13.7. The van der Waals surface area contributed by atoms with Crippen LogP contribution in [0.3, 0.4) is 0 Å². The van der Waals surface area contributed by atoms with E-state index in [1.165, 1.54) is 11.6 Å². The van der Waals surface area contributed by atoms with Crippen molar-refractivity contribution in [3.8, 4) is 0 Å². The van der Waals surface area contributed by atoms with Crippen molar-refractivity contribution in [1.82, 2.24) is 25.0 Å². The summed E-state index contributed by atoms with van der Waals surface area (Å²) in [7, 11) is -4.27. The minimum absolute atomic E-state index is 0.174. The fourth-order valence-corrected chi connectivity index (χ4v) is 7.91. The molecule has 6 heterocycles. The fourth-order valence-electron chi connectivity index (χ4n) is 6.97. The van der Waals surface area contributed by atoms with Gasteiger partial charge in [-0.2, -0.15) is 8.42 Å². The second-order valence-electron chi connectivity index (χ2n) is 14.4. The van der Waals surface area contributed by atoms with Crippen LogP contribution < -0.4 is 20.3 Å². The number of hydrogen-bond donors (Lipinski definition) is 3. The molecule has 4 bridgehead atoms. The predicted molar refractivity (Wildman–Crippen MR) is 176 cm³/mol. The summed E-state index contributed by atoms with van der Waals surface area (Å²) in [4.78, 5) is 30.2. The van der Waals surface area contributed by atoms with Crippen molar-refractivity contribution in [3.05, 3.63) is 71.2 Å². The third-order valence-electron chi connectivity index (χ3n) is 9.49. The number of amides is 1. The van der Waals surface area contributed by atoms with Gasteiger partial charge in [0, 0.05) is 29.4 Å². The second kappa shape index (κ2) is 12.0. The maximum atomic E-state index is 13.7. The van der Waals surface area contributed by atoms with E-state index in [-0.39, 0.29) is 27.6 Å². The number of fused-ring (bicyclic) bond motifs is 6. The lowest BCUT2D eigenvalue weighted by Crippen LogP contribution is -2.41. The first-order chi connectivity index (χ1) is 21.3. The first-order valence-electron chi connectivity index (χ1n) is 16.1. The van der Waals surface area contributed by atoms with Crippen LogP contribution in [0.2, 0.25) is 0 Å². The Kier molecular flexibility index (Phi) is 8.36. The first kappa shape index (κ1) is 31.4. The Labute approximate surface area is 266 Å². The number of carbonyl (C=O) groups is 1. The number of carbonyl (C=O) groups excluding carboxylic acids is 1. The van der Waals surface area contributed by atoms with Crippen LogP contribution >= 0.6 is 0 Å². The average molecular weight is 632 g/mol. The molecule has 2 atom stereocenters. The van der Waals surface area contributed by atoms with Crippen LogP contribution in [0.5, 0.6) is 0 Å². The molecule has 11 heteroatoms. The number of sulfonamides is 1. The summed E-state index contributed by atoms with van der Waals surface area (Å²) in [6, 6.07) is 12.4. The van der Waals surface area contributed by atoms with Crippen LogP contribution in [-0.4, -0.2) is 54.5 Å². The van der Waals surface area contributed by atoms with Gasteiger partial charge in [-0.25, -0.2) is 14.7 Å². The van der Waals surface area contributed by atoms with Gasteiger partial charge in [0.15, 0.2) is 5.03 Å². The van der Waals surface area contributed by atoms with Gasteiger partial charge in [-0.3, -0.25) is 9.78 Å². The van der Waals surface area contributed by atoms with Gasteiger partial charge < -0.3 is 15.5 Å². The molecule has 2 fully saturated rings. The van der Waals surface area contributed by atoms with Crippen molar-refractivity contribution in [1.29, 1.82) is 0 Å². The molecule has 1 unspecified atom stereocenters. The van der Waals surface area contributed by atoms with Gasteiger partial charge in [0.25, 0.3) is 15.9 Å². The van der Waals surface area contributed by atoms with E-state index in [1.807, 2.05) is 12.3 Å². The lowest BCUT2D eigenvalue weighted by Gasteiger charge is -2.34. The van der Waals surface area contributed by atoms with Crippen LogP contribution in [0.15, 0.2) is 53.7 Å². The number of nitrogens with one attached hydrogen (secondary N) is 3. The largest absolute Gasteiger partial charge is 0.362 e. The number of pyridine rings is 3. The molecule has 0 radical (unpaired) electrons. The topological polar surface area (TPSA) is 129 Å². The van der Waals surface area contributed by atoms with Gasteiger partial charge in [-0.15, -0.1) is 0 Å². The standard InChI is InChI=1S/C34H45N7O3S/c1-33(2,3)28-14-11-25-31(38-28)41-21-22(19-34(41,4)5)9-12-27(26-13-10-24(20-36-26)23-15-17-35-18-16-23)37-29-7-6-8-30(39-29)45(43,44)40-32(25)42/h6-8,10-11,13-14,20,22-23,27,35H,9,12,15-19,21H2,1-5H3,(H,37,39)(H,40,42)/t22-,27?/m0/s1. The number of anilines is 2. The van der Waals surface area contributed by atoms with Crippen molar-refractivity contribution in [3.63, 3.8) is 0 Å². The molecule has 45 heavy (non-hydrogen) atoms. The van der Waals surface area contributed by atoms with E-state index >= 15 is 0 Å². The summed E-state index contributed by atoms with van der Waals surface area (Å²) in [5.74, 6) is 1.06. The van der Waals surface area contributed by atoms with E-state index in [0.717, 1.165) is 56.6 Å². The Hall–Kier alpha value is -3.57. The smallest absolute Gasteiger partial charge is 0.281 e. The van der Waals surface area contributed by atoms with E-state index in [2.05, 4.69) is 72.0 Å². The SMILES string of the molecule is CC(C)(C)c1ccc2c(n1)N1C[C@@H](CCC(c3ccc(C4CCNCC4)cn3)Nc3cccc(n3)S(=O)(=O)NC2=O)CC1(C)C. The van der Waals surface area contributed by atoms with Crippen molar-refractivity contribution in [2.45, 2.75) is 94.7 Å². The van der Waals surface area contributed by atoms with Gasteiger partial charge in [-0.1, -0.05) is 32.9 Å². The highest BCUT2D eigenvalue weighted by Gasteiger charge is 2.41. The molecule has 3 aromatic heterocycles. The number of hydrogen-bond acceptors (Lipinski definition) is 9. The normalized spacial score (nSPS) is 23.7. The van der Waals surface area contributed by atoms with Gasteiger partial charge in [-0.05, 0) is 107 Å². The molecule has 3 aliphatic heterocycles. The molecule has 0 saturated carbocycles. The monoisotopic (exact) mass is 631 g/mol. The molecule has 10 nitrogen and oxygen atoms in total. The van der Waals surface area contributed by atoms with Crippen molar-refractivity contribution < 1.29 is 13.2 Å². The van der Waals surface area contributed by atoms with Gasteiger partial charge >= 0.3 is 0 Å². The van der Waals surface area contributed by atoms with Crippen molar-refractivity contribution in [2.75, 3.05) is 29.9 Å². The summed E-state index contributed by atoms with van der Waals surface area (Å²) >= 11 is 0. The molecular formula is C34H45N7O3S. The summed E-state index contributed by atoms with van der Waals surface area (Å²) in [6.45, 7) is 13.3. The Balaban J connectivity index is 1.39. The third kappa shape index (κ3) is 6.70. The molecule has 0 aliphatic carbocycles. The minimum atomic E-state index is -4.27. The Morgan fingerprint density at radius 3 is 2.44 bits per heavy atom. The Morgan fingerprint density at radius 2 is 1.73 bits per heavy atom. The molecule has 3 aliphatic rings. The molecule has 0 aromatic carbocycles. The molecule has 3 aromatic rings. The highest BCUT2D eigenvalue weighted by Crippen LogP contribution is 2.41. The van der Waals surface area contributed by atoms with Crippen molar-refractivity contribution in [2.24, 2.45) is 5.92 Å². The zero-order chi connectivity index (χ0) is 32.0. The molecule has 0 spiro atoms. The summed E-state index contributed by atoms with van der Waals surface area (Å²) in [6.07, 6.45) is 6.82. The number of aromatic nitrogens is 3. The maximum Gasteiger partial charge on any atom is 0.281 e. The van der Waals surface area contributed by atoms with E-state index in [1.54, 1.807) is 18.2 Å². The zero-order valence-electron chi connectivity index (χ0n) is 26.9. The van der Waals surface area contributed by atoms with Crippen LogP contribution in [0.1, 0.15) is 106 Å². The molecule has 3 N–H and O–H groups in total. The summed E-state index contributed by atoms with van der Waals surface area (Å²) in [5, 5.41) is 6.68. The van der Waals surface area contributed by atoms with Crippen LogP contribution in [0.4, 0.5) is 11.6 Å². The Morgan fingerprint density at radius 1 is 0.956 bits per heavy atom.